The Morgan fingerprint density at radius 3 is 3.20 bits per heavy atom. The van der Waals surface area contributed by atoms with Crippen LogP contribution in [0.4, 0.5) is 5.82 Å². The summed E-state index contributed by atoms with van der Waals surface area (Å²) in [5.41, 5.74) is 5.61. The predicted octanol–water partition coefficient (Wildman–Crippen LogP) is -0.147. The summed E-state index contributed by atoms with van der Waals surface area (Å²) in [6, 6.07) is 2.30. The lowest BCUT2D eigenvalue weighted by molar-refractivity contribution is 0.243. The fourth-order valence-electron chi connectivity index (χ4n) is 1.86. The van der Waals surface area contributed by atoms with E-state index in [4.69, 9.17) is 5.73 Å². The summed E-state index contributed by atoms with van der Waals surface area (Å²) in [4.78, 5) is 10.7. The Morgan fingerprint density at radius 1 is 1.67 bits per heavy atom. The van der Waals surface area contributed by atoms with E-state index in [0.29, 0.717) is 11.9 Å². The van der Waals surface area contributed by atoms with Crippen LogP contribution >= 0.6 is 0 Å². The number of hydrogen-bond donors (Lipinski definition) is 2. The third-order valence-electron chi connectivity index (χ3n) is 2.78. The molecule has 0 amide bonds. The summed E-state index contributed by atoms with van der Waals surface area (Å²) < 4.78 is 0. The van der Waals surface area contributed by atoms with Gasteiger partial charge in [-0.2, -0.15) is 0 Å². The van der Waals surface area contributed by atoms with Gasteiger partial charge in [0.25, 0.3) is 0 Å². The molecule has 5 heteroatoms. The molecule has 3 N–H and O–H groups in total. The first kappa shape index (κ1) is 10.3. The van der Waals surface area contributed by atoms with E-state index in [-0.39, 0.29) is 0 Å². The standard InChI is InChI=1S/C10H17N5/c1-15(8-2-4-12-6-8)7-10-13-5-3-9(11)14-10/h3,5,8,12H,2,4,6-7H2,1H3,(H2,11,13,14). The van der Waals surface area contributed by atoms with Gasteiger partial charge < -0.3 is 11.1 Å². The van der Waals surface area contributed by atoms with Crippen LogP contribution in [0.15, 0.2) is 12.3 Å². The van der Waals surface area contributed by atoms with Crippen molar-refractivity contribution in [2.24, 2.45) is 0 Å². The van der Waals surface area contributed by atoms with Gasteiger partial charge in [0.1, 0.15) is 11.6 Å². The summed E-state index contributed by atoms with van der Waals surface area (Å²) in [5, 5.41) is 3.34. The Balaban J connectivity index is 1.95. The number of anilines is 1. The Hall–Kier alpha value is -1.20. The van der Waals surface area contributed by atoms with Gasteiger partial charge in [0.05, 0.1) is 6.54 Å². The Bertz CT molecular complexity index is 321. The van der Waals surface area contributed by atoms with Gasteiger partial charge in [-0.25, -0.2) is 9.97 Å². The number of nitrogens with two attached hydrogens (primary N) is 1. The van der Waals surface area contributed by atoms with E-state index in [9.17, 15) is 0 Å². The van der Waals surface area contributed by atoms with Crippen molar-refractivity contribution in [3.05, 3.63) is 18.1 Å². The van der Waals surface area contributed by atoms with Gasteiger partial charge in [0.15, 0.2) is 0 Å². The molecule has 0 aromatic carbocycles. The van der Waals surface area contributed by atoms with Crippen LogP contribution in [-0.4, -0.2) is 41.0 Å². The van der Waals surface area contributed by atoms with Crippen molar-refractivity contribution in [2.45, 2.75) is 19.0 Å². The van der Waals surface area contributed by atoms with Crippen LogP contribution in [0.25, 0.3) is 0 Å². The van der Waals surface area contributed by atoms with Crippen LogP contribution < -0.4 is 11.1 Å². The van der Waals surface area contributed by atoms with Crippen molar-refractivity contribution in [3.8, 4) is 0 Å². The second-order valence-corrected chi connectivity index (χ2v) is 3.96. The van der Waals surface area contributed by atoms with Crippen molar-refractivity contribution in [1.29, 1.82) is 0 Å². The van der Waals surface area contributed by atoms with Crippen molar-refractivity contribution in [2.75, 3.05) is 25.9 Å². The molecule has 2 heterocycles. The molecule has 1 unspecified atom stereocenters. The lowest BCUT2D eigenvalue weighted by Crippen LogP contribution is -2.33. The molecular weight excluding hydrogens is 190 g/mol. The number of rotatable bonds is 3. The van der Waals surface area contributed by atoms with E-state index in [0.717, 1.165) is 25.5 Å². The van der Waals surface area contributed by atoms with Gasteiger partial charge in [0.2, 0.25) is 0 Å². The highest BCUT2D eigenvalue weighted by Crippen LogP contribution is 2.09. The van der Waals surface area contributed by atoms with Crippen LogP contribution in [0.5, 0.6) is 0 Å². The minimum atomic E-state index is 0.540. The van der Waals surface area contributed by atoms with Crippen LogP contribution in [-0.2, 0) is 6.54 Å². The molecule has 1 aromatic heterocycles. The van der Waals surface area contributed by atoms with E-state index in [1.54, 1.807) is 12.3 Å². The largest absolute Gasteiger partial charge is 0.384 e. The highest BCUT2D eigenvalue weighted by molar-refractivity contribution is 5.24. The van der Waals surface area contributed by atoms with Crippen LogP contribution in [0.1, 0.15) is 12.2 Å². The minimum absolute atomic E-state index is 0.540. The molecule has 0 aliphatic carbocycles. The molecule has 1 aliphatic heterocycles. The first-order valence-electron chi connectivity index (χ1n) is 5.24. The fourth-order valence-corrected chi connectivity index (χ4v) is 1.86. The molecule has 5 nitrogen and oxygen atoms in total. The molecule has 82 valence electrons. The van der Waals surface area contributed by atoms with Crippen LogP contribution in [0, 0.1) is 0 Å². The maximum absolute atomic E-state index is 5.61. The topological polar surface area (TPSA) is 67.1 Å². The van der Waals surface area contributed by atoms with Gasteiger partial charge in [-0.1, -0.05) is 0 Å². The molecule has 1 aromatic rings. The van der Waals surface area contributed by atoms with E-state index in [2.05, 4.69) is 27.2 Å². The summed E-state index contributed by atoms with van der Waals surface area (Å²) in [7, 11) is 2.10. The van der Waals surface area contributed by atoms with Crippen molar-refractivity contribution >= 4 is 5.82 Å². The van der Waals surface area contributed by atoms with Crippen molar-refractivity contribution < 1.29 is 0 Å². The third-order valence-corrected chi connectivity index (χ3v) is 2.78. The van der Waals surface area contributed by atoms with Gasteiger partial charge in [-0.15, -0.1) is 0 Å². The molecule has 0 radical (unpaired) electrons. The number of hydrogen-bond acceptors (Lipinski definition) is 5. The summed E-state index contributed by atoms with van der Waals surface area (Å²) in [6.07, 6.45) is 2.90. The number of likely N-dealkylation sites (N-methyl/N-ethyl adjacent to an activating group) is 1. The third kappa shape index (κ3) is 2.64. The molecule has 1 atom stereocenters. The molecular formula is C10H17N5. The molecule has 1 saturated heterocycles. The molecule has 1 fully saturated rings. The van der Waals surface area contributed by atoms with E-state index in [1.807, 2.05) is 0 Å². The summed E-state index contributed by atoms with van der Waals surface area (Å²) in [6.45, 7) is 2.92. The van der Waals surface area contributed by atoms with E-state index >= 15 is 0 Å². The minimum Gasteiger partial charge on any atom is -0.384 e. The van der Waals surface area contributed by atoms with E-state index in [1.165, 1.54) is 6.42 Å². The van der Waals surface area contributed by atoms with E-state index < -0.39 is 0 Å². The Kier molecular flexibility index (Phi) is 3.13. The van der Waals surface area contributed by atoms with Gasteiger partial charge in [-0.3, -0.25) is 4.90 Å². The predicted molar refractivity (Wildman–Crippen MR) is 59.2 cm³/mol. The lowest BCUT2D eigenvalue weighted by atomic mass is 10.2. The highest BCUT2D eigenvalue weighted by Gasteiger charge is 2.19. The Labute approximate surface area is 89.7 Å². The normalized spacial score (nSPS) is 21.1. The fraction of sp³-hybridized carbons (Fsp3) is 0.600. The van der Waals surface area contributed by atoms with Gasteiger partial charge in [-0.05, 0) is 26.1 Å². The number of aromatic nitrogens is 2. The SMILES string of the molecule is CN(Cc1nccc(N)n1)C1CCNC1. The van der Waals surface area contributed by atoms with Gasteiger partial charge >= 0.3 is 0 Å². The molecule has 0 saturated carbocycles. The summed E-state index contributed by atoms with van der Waals surface area (Å²) >= 11 is 0. The Morgan fingerprint density at radius 2 is 2.53 bits per heavy atom. The van der Waals surface area contributed by atoms with Crippen molar-refractivity contribution in [1.82, 2.24) is 20.2 Å². The van der Waals surface area contributed by atoms with Crippen LogP contribution in [0.2, 0.25) is 0 Å². The maximum atomic E-state index is 5.61. The van der Waals surface area contributed by atoms with Crippen LogP contribution in [0.3, 0.4) is 0 Å². The molecule has 0 spiro atoms. The molecule has 1 aliphatic rings. The highest BCUT2D eigenvalue weighted by atomic mass is 15.2. The molecule has 2 rings (SSSR count). The van der Waals surface area contributed by atoms with Gasteiger partial charge in [0, 0.05) is 18.8 Å². The average Bonchev–Trinajstić information content (AvgIpc) is 2.70. The second-order valence-electron chi connectivity index (χ2n) is 3.96. The number of nitrogens with one attached hydrogen (secondary N) is 1. The smallest absolute Gasteiger partial charge is 0.144 e. The summed E-state index contributed by atoms with van der Waals surface area (Å²) in [5.74, 6) is 1.34. The number of nitrogens with zero attached hydrogens (tertiary/aromatic N) is 3. The molecule has 0 bridgehead atoms. The molecule has 15 heavy (non-hydrogen) atoms. The van der Waals surface area contributed by atoms with Crippen molar-refractivity contribution in [3.63, 3.8) is 0 Å². The monoisotopic (exact) mass is 207 g/mol. The lowest BCUT2D eigenvalue weighted by Gasteiger charge is -2.22. The maximum Gasteiger partial charge on any atom is 0.144 e. The number of nitrogen functional groups attached to an aromatic ring is 1. The first-order chi connectivity index (χ1) is 7.25. The second kappa shape index (κ2) is 4.55. The zero-order valence-corrected chi connectivity index (χ0v) is 8.98. The zero-order chi connectivity index (χ0) is 10.7. The first-order valence-corrected chi connectivity index (χ1v) is 5.24. The average molecular weight is 207 g/mol. The quantitative estimate of drug-likeness (QED) is 0.721. The zero-order valence-electron chi connectivity index (χ0n) is 8.98.